The van der Waals surface area contributed by atoms with E-state index in [2.05, 4.69) is 31.2 Å². The first-order valence-corrected chi connectivity index (χ1v) is 7.56. The van der Waals surface area contributed by atoms with Crippen molar-refractivity contribution in [2.24, 2.45) is 0 Å². The van der Waals surface area contributed by atoms with Crippen LogP contribution in [0.2, 0.25) is 0 Å². The number of morpholine rings is 1. The van der Waals surface area contributed by atoms with E-state index < -0.39 is 0 Å². The zero-order valence-corrected chi connectivity index (χ0v) is 13.3. The van der Waals surface area contributed by atoms with Gasteiger partial charge >= 0.3 is 0 Å². The lowest BCUT2D eigenvalue weighted by Crippen LogP contribution is -2.47. The molecule has 0 saturated carbocycles. The Kier molecular flexibility index (Phi) is 5.31. The molecule has 6 nitrogen and oxygen atoms in total. The van der Waals surface area contributed by atoms with Crippen LogP contribution in [0, 0.1) is 0 Å². The molecule has 1 atom stereocenters. The molecule has 1 aromatic heterocycles. The maximum Gasteiger partial charge on any atom is 0.244 e. The molecule has 7 heteroatoms. The van der Waals surface area contributed by atoms with Gasteiger partial charge in [-0.3, -0.25) is 4.79 Å². The van der Waals surface area contributed by atoms with Crippen LogP contribution in [0.25, 0.3) is 0 Å². The van der Waals surface area contributed by atoms with Crippen LogP contribution in [0.5, 0.6) is 0 Å². The highest BCUT2D eigenvalue weighted by Crippen LogP contribution is 2.14. The Bertz CT molecular complexity index is 477. The van der Waals surface area contributed by atoms with Crippen LogP contribution >= 0.6 is 15.9 Å². The quantitative estimate of drug-likeness (QED) is 0.839. The Hall–Kier alpha value is -1.21. The van der Waals surface area contributed by atoms with Gasteiger partial charge in [-0.15, -0.1) is 0 Å². The number of carbonyl (C=O) groups is 1. The van der Waals surface area contributed by atoms with Gasteiger partial charge in [0.2, 0.25) is 5.91 Å². The van der Waals surface area contributed by atoms with Crippen molar-refractivity contribution < 1.29 is 9.53 Å². The minimum Gasteiger partial charge on any atom is -0.378 e. The first kappa shape index (κ1) is 15.2. The van der Waals surface area contributed by atoms with Crippen LogP contribution in [0.3, 0.4) is 0 Å². The SMILES string of the molecule is CCc1nc(Br)cc(NC(C)C(=O)N2CCOCC2)n1. The molecule has 2 rings (SSSR count). The Labute approximate surface area is 127 Å². The molecule has 0 aliphatic carbocycles. The molecule has 1 fully saturated rings. The molecule has 1 aliphatic rings. The van der Waals surface area contributed by atoms with Gasteiger partial charge in [-0.05, 0) is 22.9 Å². The summed E-state index contributed by atoms with van der Waals surface area (Å²) in [7, 11) is 0. The normalized spacial score (nSPS) is 16.9. The van der Waals surface area contributed by atoms with E-state index in [1.807, 2.05) is 18.7 Å². The highest BCUT2D eigenvalue weighted by Gasteiger charge is 2.22. The van der Waals surface area contributed by atoms with Crippen LogP contribution < -0.4 is 5.32 Å². The third-order valence-electron chi connectivity index (χ3n) is 3.11. The van der Waals surface area contributed by atoms with Gasteiger partial charge in [0.05, 0.1) is 13.2 Å². The average Bonchev–Trinajstić information content (AvgIpc) is 2.46. The topological polar surface area (TPSA) is 67.4 Å². The molecular formula is C13H19BrN4O2. The molecule has 1 unspecified atom stereocenters. The highest BCUT2D eigenvalue weighted by molar-refractivity contribution is 9.10. The van der Waals surface area contributed by atoms with Crippen molar-refractivity contribution in [3.05, 3.63) is 16.5 Å². The lowest BCUT2D eigenvalue weighted by molar-refractivity contribution is -0.135. The molecular weight excluding hydrogens is 324 g/mol. The van der Waals surface area contributed by atoms with Crippen molar-refractivity contribution >= 4 is 27.7 Å². The number of anilines is 1. The maximum absolute atomic E-state index is 12.3. The number of carbonyl (C=O) groups excluding carboxylic acids is 1. The summed E-state index contributed by atoms with van der Waals surface area (Å²) in [6.07, 6.45) is 0.750. The number of hydrogen-bond acceptors (Lipinski definition) is 5. The number of halogens is 1. The van der Waals surface area contributed by atoms with Gasteiger partial charge < -0.3 is 15.0 Å². The van der Waals surface area contributed by atoms with E-state index >= 15 is 0 Å². The summed E-state index contributed by atoms with van der Waals surface area (Å²) in [6.45, 7) is 6.36. The number of rotatable bonds is 4. The van der Waals surface area contributed by atoms with Crippen molar-refractivity contribution in [2.75, 3.05) is 31.6 Å². The smallest absolute Gasteiger partial charge is 0.244 e. The number of nitrogens with one attached hydrogen (secondary N) is 1. The summed E-state index contributed by atoms with van der Waals surface area (Å²) in [5.41, 5.74) is 0. The molecule has 20 heavy (non-hydrogen) atoms. The van der Waals surface area contributed by atoms with Crippen LogP contribution in [0.15, 0.2) is 10.7 Å². The Morgan fingerprint density at radius 2 is 2.20 bits per heavy atom. The molecule has 0 radical (unpaired) electrons. The predicted octanol–water partition coefficient (Wildman–Crippen LogP) is 1.46. The monoisotopic (exact) mass is 342 g/mol. The van der Waals surface area contributed by atoms with Crippen molar-refractivity contribution in [3.8, 4) is 0 Å². The summed E-state index contributed by atoms with van der Waals surface area (Å²) in [5, 5.41) is 3.14. The second kappa shape index (κ2) is 6.99. The van der Waals surface area contributed by atoms with Crippen LogP contribution in [-0.4, -0.2) is 53.1 Å². The molecule has 1 amide bonds. The van der Waals surface area contributed by atoms with E-state index in [0.29, 0.717) is 32.1 Å². The van der Waals surface area contributed by atoms with Gasteiger partial charge in [0.15, 0.2) is 0 Å². The van der Waals surface area contributed by atoms with E-state index in [0.717, 1.165) is 16.8 Å². The van der Waals surface area contributed by atoms with Gasteiger partial charge in [0.25, 0.3) is 0 Å². The van der Waals surface area contributed by atoms with Crippen molar-refractivity contribution in [2.45, 2.75) is 26.3 Å². The van der Waals surface area contributed by atoms with Crippen LogP contribution in [0.4, 0.5) is 5.82 Å². The van der Waals surface area contributed by atoms with Crippen LogP contribution in [0.1, 0.15) is 19.7 Å². The van der Waals surface area contributed by atoms with Crippen LogP contribution in [-0.2, 0) is 16.0 Å². The fourth-order valence-electron chi connectivity index (χ4n) is 2.04. The zero-order valence-electron chi connectivity index (χ0n) is 11.7. The number of aryl methyl sites for hydroxylation is 1. The highest BCUT2D eigenvalue weighted by atomic mass is 79.9. The minimum absolute atomic E-state index is 0.0704. The molecule has 1 saturated heterocycles. The van der Waals surface area contributed by atoms with E-state index in [9.17, 15) is 4.79 Å². The molecule has 1 aromatic rings. The number of aromatic nitrogens is 2. The largest absolute Gasteiger partial charge is 0.378 e. The van der Waals surface area contributed by atoms with Gasteiger partial charge in [-0.25, -0.2) is 9.97 Å². The first-order chi connectivity index (χ1) is 9.60. The molecule has 0 spiro atoms. The summed E-state index contributed by atoms with van der Waals surface area (Å²) in [6, 6.07) is 1.46. The molecule has 1 N–H and O–H groups in total. The molecule has 0 aromatic carbocycles. The van der Waals surface area contributed by atoms with E-state index in [-0.39, 0.29) is 11.9 Å². The Balaban J connectivity index is 2.01. The average molecular weight is 343 g/mol. The van der Waals surface area contributed by atoms with Gasteiger partial charge in [0, 0.05) is 25.6 Å². The predicted molar refractivity (Wildman–Crippen MR) is 79.6 cm³/mol. The lowest BCUT2D eigenvalue weighted by Gasteiger charge is -2.29. The molecule has 1 aliphatic heterocycles. The number of hydrogen-bond donors (Lipinski definition) is 1. The number of ether oxygens (including phenoxy) is 1. The standard InChI is InChI=1S/C13H19BrN4O2/c1-3-11-16-10(14)8-12(17-11)15-9(2)13(19)18-4-6-20-7-5-18/h8-9H,3-7H2,1-2H3,(H,15,16,17). The summed E-state index contributed by atoms with van der Waals surface area (Å²) < 4.78 is 5.97. The lowest BCUT2D eigenvalue weighted by atomic mass is 10.2. The molecule has 110 valence electrons. The molecule has 2 heterocycles. The fraction of sp³-hybridized carbons (Fsp3) is 0.615. The van der Waals surface area contributed by atoms with Gasteiger partial charge in [-0.2, -0.15) is 0 Å². The van der Waals surface area contributed by atoms with E-state index in [4.69, 9.17) is 4.74 Å². The zero-order chi connectivity index (χ0) is 14.5. The summed E-state index contributed by atoms with van der Waals surface area (Å²) in [5.74, 6) is 1.48. The number of amides is 1. The number of nitrogens with zero attached hydrogens (tertiary/aromatic N) is 3. The maximum atomic E-state index is 12.3. The first-order valence-electron chi connectivity index (χ1n) is 6.76. The van der Waals surface area contributed by atoms with Crippen molar-refractivity contribution in [1.82, 2.24) is 14.9 Å². The van der Waals surface area contributed by atoms with Gasteiger partial charge in [0.1, 0.15) is 22.3 Å². The van der Waals surface area contributed by atoms with Crippen molar-refractivity contribution in [3.63, 3.8) is 0 Å². The Morgan fingerprint density at radius 3 is 2.85 bits per heavy atom. The second-order valence-corrected chi connectivity index (χ2v) is 5.46. The fourth-order valence-corrected chi connectivity index (χ4v) is 2.46. The van der Waals surface area contributed by atoms with Crippen molar-refractivity contribution in [1.29, 1.82) is 0 Å². The minimum atomic E-state index is -0.320. The Morgan fingerprint density at radius 1 is 1.50 bits per heavy atom. The summed E-state index contributed by atoms with van der Waals surface area (Å²) in [4.78, 5) is 22.7. The van der Waals surface area contributed by atoms with E-state index in [1.54, 1.807) is 6.07 Å². The van der Waals surface area contributed by atoms with E-state index in [1.165, 1.54) is 0 Å². The second-order valence-electron chi connectivity index (χ2n) is 4.65. The van der Waals surface area contributed by atoms with Gasteiger partial charge in [-0.1, -0.05) is 6.92 Å². The summed E-state index contributed by atoms with van der Waals surface area (Å²) >= 11 is 3.35. The third-order valence-corrected chi connectivity index (χ3v) is 3.52. The molecule has 0 bridgehead atoms. The third kappa shape index (κ3) is 3.89.